The molecule has 0 aromatic rings. The van der Waals surface area contributed by atoms with E-state index in [2.05, 4.69) is 10.6 Å². The summed E-state index contributed by atoms with van der Waals surface area (Å²) >= 11 is 0. The quantitative estimate of drug-likeness (QED) is 0.578. The molecule has 2 N–H and O–H groups in total. The van der Waals surface area contributed by atoms with Crippen molar-refractivity contribution in [3.8, 4) is 0 Å². The Bertz CT molecular complexity index is 230. The fraction of sp³-hybridized carbons (Fsp3) is 0.778. The van der Waals surface area contributed by atoms with Crippen molar-refractivity contribution in [2.75, 3.05) is 0 Å². The molecule has 0 aromatic carbocycles. The summed E-state index contributed by atoms with van der Waals surface area (Å²) in [6.07, 6.45) is 2.32. The molecule has 2 amide bonds. The zero-order valence-electron chi connectivity index (χ0n) is 8.21. The fourth-order valence-electron chi connectivity index (χ4n) is 1.60. The predicted octanol–water partition coefficient (Wildman–Crippen LogP) is -0.633. The van der Waals surface area contributed by atoms with Gasteiger partial charge in [-0.05, 0) is 26.2 Å². The van der Waals surface area contributed by atoms with E-state index in [0.717, 1.165) is 12.8 Å². The molecule has 0 saturated carbocycles. The number of amides is 2. The molecule has 1 saturated heterocycles. The van der Waals surface area contributed by atoms with E-state index in [1.807, 2.05) is 6.92 Å². The van der Waals surface area contributed by atoms with Crippen LogP contribution in [0, 0.1) is 0 Å². The van der Waals surface area contributed by atoms with Crippen LogP contribution in [0.1, 0.15) is 32.6 Å². The molecule has 0 spiro atoms. The van der Waals surface area contributed by atoms with Crippen molar-refractivity contribution in [1.29, 1.82) is 0 Å². The number of urea groups is 1. The standard InChI is InChI=1S/C9H16N2O3/c1-6-7(11-9(14)10-6)4-2-3-5-8(12)13/h6-7H,2-5H2,1H3,(H,12,13)(H2,10,11,14)/p-1/t6-,7+/m0/s1. The average Bonchev–Trinajstić information content (AvgIpc) is 2.39. The molecule has 0 aliphatic carbocycles. The lowest BCUT2D eigenvalue weighted by Gasteiger charge is -2.13. The molecule has 80 valence electrons. The van der Waals surface area contributed by atoms with Crippen molar-refractivity contribution in [3.63, 3.8) is 0 Å². The van der Waals surface area contributed by atoms with Crippen LogP contribution >= 0.6 is 0 Å². The molecule has 1 fully saturated rings. The Labute approximate surface area is 82.9 Å². The van der Waals surface area contributed by atoms with Crippen LogP contribution in [0.2, 0.25) is 0 Å². The molecule has 1 aliphatic heterocycles. The van der Waals surface area contributed by atoms with E-state index >= 15 is 0 Å². The Kier molecular flexibility index (Phi) is 3.73. The molecule has 0 aromatic heterocycles. The largest absolute Gasteiger partial charge is 0.550 e. The number of nitrogens with one attached hydrogen (secondary N) is 2. The number of hydrogen-bond donors (Lipinski definition) is 2. The Hall–Kier alpha value is -1.26. The SMILES string of the molecule is C[C@@H]1NC(=O)N[C@@H]1CCCCC(=O)[O-]. The van der Waals surface area contributed by atoms with Crippen LogP contribution in [0.15, 0.2) is 0 Å². The highest BCUT2D eigenvalue weighted by Gasteiger charge is 2.26. The van der Waals surface area contributed by atoms with Gasteiger partial charge in [0.25, 0.3) is 0 Å². The molecule has 0 unspecified atom stereocenters. The van der Waals surface area contributed by atoms with Crippen molar-refractivity contribution in [2.45, 2.75) is 44.7 Å². The summed E-state index contributed by atoms with van der Waals surface area (Å²) in [6, 6.07) is 0.122. The first kappa shape index (κ1) is 10.8. The van der Waals surface area contributed by atoms with Crippen LogP contribution in [-0.2, 0) is 4.79 Å². The van der Waals surface area contributed by atoms with E-state index < -0.39 is 5.97 Å². The van der Waals surface area contributed by atoms with Crippen molar-refractivity contribution in [2.24, 2.45) is 0 Å². The summed E-state index contributed by atoms with van der Waals surface area (Å²) in [5.74, 6) is -1.01. The van der Waals surface area contributed by atoms with Gasteiger partial charge >= 0.3 is 6.03 Å². The van der Waals surface area contributed by atoms with Gasteiger partial charge < -0.3 is 20.5 Å². The van der Waals surface area contributed by atoms with Gasteiger partial charge in [-0.25, -0.2) is 4.79 Å². The van der Waals surface area contributed by atoms with E-state index in [-0.39, 0.29) is 24.5 Å². The van der Waals surface area contributed by atoms with Crippen LogP contribution in [-0.4, -0.2) is 24.1 Å². The number of hydrogen-bond acceptors (Lipinski definition) is 3. The molecular weight excluding hydrogens is 184 g/mol. The highest BCUT2D eigenvalue weighted by atomic mass is 16.4. The molecule has 1 rings (SSSR count). The molecule has 1 heterocycles. The third kappa shape index (κ3) is 3.24. The first-order valence-electron chi connectivity index (χ1n) is 4.86. The zero-order valence-corrected chi connectivity index (χ0v) is 8.21. The molecule has 0 bridgehead atoms. The molecule has 14 heavy (non-hydrogen) atoms. The maximum atomic E-state index is 10.9. The van der Waals surface area contributed by atoms with E-state index in [0.29, 0.717) is 6.42 Å². The lowest BCUT2D eigenvalue weighted by atomic mass is 10.0. The molecule has 5 nitrogen and oxygen atoms in total. The second kappa shape index (κ2) is 4.83. The van der Waals surface area contributed by atoms with Gasteiger partial charge in [0.05, 0.1) is 6.04 Å². The molecule has 2 atom stereocenters. The second-order valence-corrected chi connectivity index (χ2v) is 3.63. The predicted molar refractivity (Wildman–Crippen MR) is 48.4 cm³/mol. The number of carboxylic acids is 1. The van der Waals surface area contributed by atoms with Crippen molar-refractivity contribution in [3.05, 3.63) is 0 Å². The normalized spacial score (nSPS) is 25.6. The molecule has 5 heteroatoms. The Morgan fingerprint density at radius 2 is 2.14 bits per heavy atom. The second-order valence-electron chi connectivity index (χ2n) is 3.63. The number of aliphatic carboxylic acids is 1. The summed E-state index contributed by atoms with van der Waals surface area (Å²) in [4.78, 5) is 21.0. The summed E-state index contributed by atoms with van der Waals surface area (Å²) in [5, 5.41) is 15.6. The van der Waals surface area contributed by atoms with E-state index in [1.165, 1.54) is 0 Å². The van der Waals surface area contributed by atoms with Crippen LogP contribution < -0.4 is 15.7 Å². The Morgan fingerprint density at radius 3 is 2.64 bits per heavy atom. The number of carbonyl (C=O) groups excluding carboxylic acids is 2. The number of rotatable bonds is 5. The number of carboxylic acid groups (broad SMARTS) is 1. The summed E-state index contributed by atoms with van der Waals surface area (Å²) in [7, 11) is 0. The third-order valence-corrected chi connectivity index (χ3v) is 2.42. The van der Waals surface area contributed by atoms with Gasteiger partial charge in [0.15, 0.2) is 0 Å². The minimum absolute atomic E-state index is 0.0997. The van der Waals surface area contributed by atoms with Crippen LogP contribution in [0.3, 0.4) is 0 Å². The smallest absolute Gasteiger partial charge is 0.315 e. The first-order valence-corrected chi connectivity index (χ1v) is 4.86. The van der Waals surface area contributed by atoms with Gasteiger partial charge in [-0.3, -0.25) is 0 Å². The first-order chi connectivity index (χ1) is 6.59. The van der Waals surface area contributed by atoms with E-state index in [4.69, 9.17) is 0 Å². The highest BCUT2D eigenvalue weighted by molar-refractivity contribution is 5.77. The zero-order chi connectivity index (χ0) is 10.6. The van der Waals surface area contributed by atoms with Crippen molar-refractivity contribution < 1.29 is 14.7 Å². The summed E-state index contributed by atoms with van der Waals surface area (Å²) in [6.45, 7) is 1.93. The Balaban J connectivity index is 2.12. The van der Waals surface area contributed by atoms with Crippen LogP contribution in [0.4, 0.5) is 4.79 Å². The van der Waals surface area contributed by atoms with E-state index in [9.17, 15) is 14.7 Å². The number of unbranched alkanes of at least 4 members (excludes halogenated alkanes) is 1. The summed E-state index contributed by atoms with van der Waals surface area (Å²) in [5.41, 5.74) is 0. The minimum Gasteiger partial charge on any atom is -0.550 e. The van der Waals surface area contributed by atoms with Crippen LogP contribution in [0.25, 0.3) is 0 Å². The van der Waals surface area contributed by atoms with Gasteiger partial charge in [0, 0.05) is 12.0 Å². The van der Waals surface area contributed by atoms with E-state index in [1.54, 1.807) is 0 Å². The minimum atomic E-state index is -1.01. The topological polar surface area (TPSA) is 81.3 Å². The maximum Gasteiger partial charge on any atom is 0.315 e. The fourth-order valence-corrected chi connectivity index (χ4v) is 1.60. The maximum absolute atomic E-state index is 10.9. The van der Waals surface area contributed by atoms with Gasteiger partial charge in [-0.1, -0.05) is 6.42 Å². The number of carbonyl (C=O) groups is 2. The van der Waals surface area contributed by atoms with Gasteiger partial charge in [0.2, 0.25) is 0 Å². The van der Waals surface area contributed by atoms with Gasteiger partial charge in [-0.15, -0.1) is 0 Å². The van der Waals surface area contributed by atoms with Crippen molar-refractivity contribution >= 4 is 12.0 Å². The summed E-state index contributed by atoms with van der Waals surface area (Å²) < 4.78 is 0. The lowest BCUT2D eigenvalue weighted by molar-refractivity contribution is -0.305. The molecule has 1 aliphatic rings. The molecule has 0 radical (unpaired) electrons. The van der Waals surface area contributed by atoms with Crippen LogP contribution in [0.5, 0.6) is 0 Å². The molecular formula is C9H15N2O3-. The lowest BCUT2D eigenvalue weighted by Crippen LogP contribution is -2.30. The van der Waals surface area contributed by atoms with Gasteiger partial charge in [-0.2, -0.15) is 0 Å². The van der Waals surface area contributed by atoms with Crippen molar-refractivity contribution in [1.82, 2.24) is 10.6 Å². The third-order valence-electron chi connectivity index (χ3n) is 2.42. The van der Waals surface area contributed by atoms with Gasteiger partial charge in [0.1, 0.15) is 0 Å². The highest BCUT2D eigenvalue weighted by Crippen LogP contribution is 2.10. The Morgan fingerprint density at radius 1 is 1.43 bits per heavy atom. The average molecular weight is 199 g/mol. The monoisotopic (exact) mass is 199 g/mol.